The Morgan fingerprint density at radius 2 is 2.05 bits per heavy atom. The van der Waals surface area contributed by atoms with Crippen LogP contribution in [0.5, 0.6) is 11.5 Å². The number of aliphatic hydroxyl groups excluding tert-OH is 1. The summed E-state index contributed by atoms with van der Waals surface area (Å²) in [5, 5.41) is 12.6. The van der Waals surface area contributed by atoms with E-state index in [4.69, 9.17) is 13.9 Å². The van der Waals surface area contributed by atoms with Gasteiger partial charge in [-0.2, -0.15) is 0 Å². The maximum absolute atomic E-state index is 12.2. The summed E-state index contributed by atoms with van der Waals surface area (Å²) < 4.78 is 15.6. The van der Waals surface area contributed by atoms with E-state index in [2.05, 4.69) is 5.32 Å². The first kappa shape index (κ1) is 15.9. The van der Waals surface area contributed by atoms with E-state index in [1.54, 1.807) is 37.3 Å². The lowest BCUT2D eigenvalue weighted by Crippen LogP contribution is -2.28. The zero-order valence-corrected chi connectivity index (χ0v) is 12.8. The summed E-state index contributed by atoms with van der Waals surface area (Å²) in [5.41, 5.74) is 0.367. The minimum Gasteiger partial charge on any atom is -0.497 e. The normalized spacial score (nSPS) is 11.8. The van der Waals surface area contributed by atoms with Crippen molar-refractivity contribution >= 4 is 5.91 Å². The molecule has 0 bridgehead atoms. The molecule has 2 aromatic rings. The van der Waals surface area contributed by atoms with E-state index in [0.717, 1.165) is 0 Å². The van der Waals surface area contributed by atoms with Crippen LogP contribution in [0, 0.1) is 6.92 Å². The monoisotopic (exact) mass is 305 g/mol. The smallest absolute Gasteiger partial charge is 0.255 e. The SMILES string of the molecule is COc1ccc(C(=O)NCC(O)c2ccc(C)o2)c(OC)c1. The Kier molecular flexibility index (Phi) is 5.06. The third-order valence-electron chi connectivity index (χ3n) is 3.20. The molecule has 0 radical (unpaired) electrons. The highest BCUT2D eigenvalue weighted by Crippen LogP contribution is 2.24. The number of furan rings is 1. The van der Waals surface area contributed by atoms with Gasteiger partial charge in [-0.05, 0) is 31.2 Å². The second-order valence-corrected chi connectivity index (χ2v) is 4.74. The Morgan fingerprint density at radius 3 is 2.64 bits per heavy atom. The van der Waals surface area contributed by atoms with Crippen molar-refractivity contribution in [1.29, 1.82) is 0 Å². The zero-order valence-electron chi connectivity index (χ0n) is 12.8. The number of aryl methyl sites for hydroxylation is 1. The first-order chi connectivity index (χ1) is 10.5. The van der Waals surface area contributed by atoms with E-state index >= 15 is 0 Å². The summed E-state index contributed by atoms with van der Waals surface area (Å²) in [7, 11) is 3.02. The highest BCUT2D eigenvalue weighted by molar-refractivity contribution is 5.97. The fourth-order valence-corrected chi connectivity index (χ4v) is 2.00. The fraction of sp³-hybridized carbons (Fsp3) is 0.312. The maximum Gasteiger partial charge on any atom is 0.255 e. The average Bonchev–Trinajstić information content (AvgIpc) is 2.98. The van der Waals surface area contributed by atoms with E-state index in [0.29, 0.717) is 28.6 Å². The van der Waals surface area contributed by atoms with Crippen LogP contribution < -0.4 is 14.8 Å². The van der Waals surface area contributed by atoms with Crippen LogP contribution in [0.4, 0.5) is 0 Å². The molecule has 2 N–H and O–H groups in total. The molecule has 0 aliphatic carbocycles. The van der Waals surface area contributed by atoms with Crippen LogP contribution in [0.3, 0.4) is 0 Å². The predicted molar refractivity (Wildman–Crippen MR) is 80.3 cm³/mol. The van der Waals surface area contributed by atoms with Crippen LogP contribution in [-0.4, -0.2) is 31.8 Å². The third kappa shape index (κ3) is 3.59. The minimum absolute atomic E-state index is 0.0426. The van der Waals surface area contributed by atoms with Gasteiger partial charge in [-0.3, -0.25) is 4.79 Å². The summed E-state index contributed by atoms with van der Waals surface area (Å²) in [6.45, 7) is 1.83. The molecule has 1 atom stereocenters. The van der Waals surface area contributed by atoms with Crippen molar-refractivity contribution in [2.24, 2.45) is 0 Å². The molecular weight excluding hydrogens is 286 g/mol. The maximum atomic E-state index is 12.2. The molecule has 0 aliphatic heterocycles. The third-order valence-corrected chi connectivity index (χ3v) is 3.20. The van der Waals surface area contributed by atoms with Crippen molar-refractivity contribution < 1.29 is 23.8 Å². The minimum atomic E-state index is -0.901. The standard InChI is InChI=1S/C16H19NO5/c1-10-4-7-14(22-10)13(18)9-17-16(19)12-6-5-11(20-2)8-15(12)21-3/h4-8,13,18H,9H2,1-3H3,(H,17,19). The highest BCUT2D eigenvalue weighted by Gasteiger charge is 2.16. The van der Waals surface area contributed by atoms with Gasteiger partial charge in [0.25, 0.3) is 5.91 Å². The second kappa shape index (κ2) is 7.00. The number of carbonyl (C=O) groups excluding carboxylic acids is 1. The van der Waals surface area contributed by atoms with Gasteiger partial charge in [0, 0.05) is 6.07 Å². The predicted octanol–water partition coefficient (Wildman–Crippen LogP) is 2.07. The lowest BCUT2D eigenvalue weighted by atomic mass is 10.1. The molecule has 6 heteroatoms. The molecule has 1 aromatic heterocycles. The Hall–Kier alpha value is -2.47. The van der Waals surface area contributed by atoms with E-state index in [1.165, 1.54) is 14.2 Å². The Morgan fingerprint density at radius 1 is 1.27 bits per heavy atom. The number of ether oxygens (including phenoxy) is 2. The van der Waals surface area contributed by atoms with Gasteiger partial charge in [0.15, 0.2) is 0 Å². The molecule has 22 heavy (non-hydrogen) atoms. The Bertz CT molecular complexity index is 650. The van der Waals surface area contributed by atoms with Gasteiger partial charge in [-0.25, -0.2) is 0 Å². The summed E-state index contributed by atoms with van der Waals surface area (Å²) in [6, 6.07) is 8.34. The molecule has 1 unspecified atom stereocenters. The van der Waals surface area contributed by atoms with Crippen molar-refractivity contribution in [3.05, 3.63) is 47.4 Å². The second-order valence-electron chi connectivity index (χ2n) is 4.74. The van der Waals surface area contributed by atoms with Crippen LogP contribution in [0.25, 0.3) is 0 Å². The van der Waals surface area contributed by atoms with Crippen LogP contribution >= 0.6 is 0 Å². The molecule has 2 rings (SSSR count). The molecule has 0 saturated heterocycles. The topological polar surface area (TPSA) is 80.9 Å². The number of carbonyl (C=O) groups is 1. The molecule has 0 spiro atoms. The Balaban J connectivity index is 2.03. The molecule has 0 aliphatic rings. The Labute approximate surface area is 128 Å². The molecular formula is C16H19NO5. The number of amides is 1. The van der Waals surface area contributed by atoms with Crippen molar-refractivity contribution in [1.82, 2.24) is 5.32 Å². The lowest BCUT2D eigenvalue weighted by Gasteiger charge is -2.12. The van der Waals surface area contributed by atoms with Gasteiger partial charge in [-0.1, -0.05) is 0 Å². The van der Waals surface area contributed by atoms with E-state index in [1.807, 2.05) is 0 Å². The largest absolute Gasteiger partial charge is 0.497 e. The quantitative estimate of drug-likeness (QED) is 0.854. The fourth-order valence-electron chi connectivity index (χ4n) is 2.00. The molecule has 0 fully saturated rings. The van der Waals surface area contributed by atoms with E-state index in [9.17, 15) is 9.90 Å². The average molecular weight is 305 g/mol. The van der Waals surface area contributed by atoms with Gasteiger partial charge in [-0.15, -0.1) is 0 Å². The van der Waals surface area contributed by atoms with Crippen molar-refractivity contribution in [3.63, 3.8) is 0 Å². The summed E-state index contributed by atoms with van der Waals surface area (Å²) in [6.07, 6.45) is -0.901. The summed E-state index contributed by atoms with van der Waals surface area (Å²) in [4.78, 5) is 12.2. The first-order valence-electron chi connectivity index (χ1n) is 6.79. The number of methoxy groups -OCH3 is 2. The summed E-state index contributed by atoms with van der Waals surface area (Å²) in [5.74, 6) is 1.78. The van der Waals surface area contributed by atoms with Gasteiger partial charge in [0.05, 0.1) is 26.3 Å². The number of aliphatic hydroxyl groups is 1. The number of nitrogens with one attached hydrogen (secondary N) is 1. The van der Waals surface area contributed by atoms with Crippen molar-refractivity contribution in [2.45, 2.75) is 13.0 Å². The van der Waals surface area contributed by atoms with E-state index in [-0.39, 0.29) is 12.5 Å². The van der Waals surface area contributed by atoms with Gasteiger partial charge in [0.1, 0.15) is 29.1 Å². The number of rotatable bonds is 6. The van der Waals surface area contributed by atoms with Crippen LogP contribution in [0.15, 0.2) is 34.7 Å². The lowest BCUT2D eigenvalue weighted by molar-refractivity contribution is 0.0897. The number of hydrogen-bond acceptors (Lipinski definition) is 5. The summed E-state index contributed by atoms with van der Waals surface area (Å²) >= 11 is 0. The van der Waals surface area contributed by atoms with Crippen molar-refractivity contribution in [2.75, 3.05) is 20.8 Å². The van der Waals surface area contributed by atoms with Crippen LogP contribution in [0.2, 0.25) is 0 Å². The highest BCUT2D eigenvalue weighted by atomic mass is 16.5. The zero-order chi connectivity index (χ0) is 16.1. The molecule has 1 amide bonds. The van der Waals surface area contributed by atoms with Crippen molar-refractivity contribution in [3.8, 4) is 11.5 Å². The van der Waals surface area contributed by atoms with Crippen LogP contribution in [-0.2, 0) is 0 Å². The molecule has 118 valence electrons. The van der Waals surface area contributed by atoms with Gasteiger partial charge in [0.2, 0.25) is 0 Å². The molecule has 0 saturated carbocycles. The first-order valence-corrected chi connectivity index (χ1v) is 6.79. The van der Waals surface area contributed by atoms with Crippen LogP contribution in [0.1, 0.15) is 28.0 Å². The molecule has 6 nitrogen and oxygen atoms in total. The number of hydrogen-bond donors (Lipinski definition) is 2. The molecule has 1 aromatic carbocycles. The van der Waals surface area contributed by atoms with Gasteiger partial charge >= 0.3 is 0 Å². The molecule has 1 heterocycles. The van der Waals surface area contributed by atoms with E-state index < -0.39 is 6.10 Å². The number of benzene rings is 1. The van der Waals surface area contributed by atoms with Gasteiger partial charge < -0.3 is 24.3 Å².